The standard InChI is InChI=1S/C33H57N5O7/c1-10-14-24(12-3)16-17-35-32(42)23(5)31(45-9)26-15-13-18-38(26)28(40)19-27(44-8)30(22(4)11-2)37(7)29(41)20-36-33(43)25(21-39)34-6/h10,12,14,22-23,25-27,30-31,34,39H,1,3,11,13,15-21H2,2,4-9H3,(H,35,42)(H,36,43)/b24-14+. The maximum atomic E-state index is 13.8. The number of rotatable bonds is 21. The highest BCUT2D eigenvalue weighted by molar-refractivity contribution is 5.87. The second-order valence-electron chi connectivity index (χ2n) is 11.6. The van der Waals surface area contributed by atoms with Gasteiger partial charge in [0.1, 0.15) is 6.04 Å². The lowest BCUT2D eigenvalue weighted by atomic mass is 9.90. The van der Waals surface area contributed by atoms with Gasteiger partial charge in [-0.1, -0.05) is 58.6 Å². The molecule has 0 radical (unpaired) electrons. The van der Waals surface area contributed by atoms with Crippen LogP contribution in [0.15, 0.2) is 37.0 Å². The van der Waals surface area contributed by atoms with Gasteiger partial charge in [-0.15, -0.1) is 0 Å². The van der Waals surface area contributed by atoms with Crippen LogP contribution in [0.3, 0.4) is 0 Å². The van der Waals surface area contributed by atoms with Gasteiger partial charge in [-0.3, -0.25) is 19.2 Å². The number of nitrogens with zero attached hydrogens (tertiary/aromatic N) is 2. The molecule has 1 heterocycles. The molecule has 0 saturated carbocycles. The number of hydrogen-bond donors (Lipinski definition) is 4. The van der Waals surface area contributed by atoms with Gasteiger partial charge < -0.3 is 40.3 Å². The zero-order valence-electron chi connectivity index (χ0n) is 28.3. The Kier molecular flexibility index (Phi) is 18.5. The van der Waals surface area contributed by atoms with Crippen LogP contribution in [0.25, 0.3) is 0 Å². The fourth-order valence-corrected chi connectivity index (χ4v) is 5.94. The number of aliphatic hydroxyl groups is 1. The number of hydrogen-bond acceptors (Lipinski definition) is 8. The summed E-state index contributed by atoms with van der Waals surface area (Å²) in [6.45, 7) is 13.6. The summed E-state index contributed by atoms with van der Waals surface area (Å²) in [7, 11) is 6.29. The Labute approximate surface area is 269 Å². The first kappa shape index (κ1) is 40.0. The first-order valence-electron chi connectivity index (χ1n) is 15.8. The van der Waals surface area contributed by atoms with Crippen molar-refractivity contribution in [2.75, 3.05) is 54.6 Å². The minimum atomic E-state index is -0.819. The molecule has 0 aromatic carbocycles. The van der Waals surface area contributed by atoms with Gasteiger partial charge in [-0.05, 0) is 37.8 Å². The zero-order chi connectivity index (χ0) is 34.1. The molecule has 4 N–H and O–H groups in total. The number of methoxy groups -OCH3 is 2. The lowest BCUT2D eigenvalue weighted by molar-refractivity contribution is -0.145. The summed E-state index contributed by atoms with van der Waals surface area (Å²) in [6, 6.07) is -1.54. The number of allylic oxidation sites excluding steroid dienone is 3. The first-order chi connectivity index (χ1) is 21.4. The SMILES string of the molecule is C=C/C=C(\C=C)CCNC(=O)C(C)C(OC)C1CCCN1C(=O)CC(OC)C(C(C)CC)N(C)C(=O)CNC(=O)C(CO)NC. The predicted molar refractivity (Wildman–Crippen MR) is 175 cm³/mol. The lowest BCUT2D eigenvalue weighted by Gasteiger charge is -2.39. The average Bonchev–Trinajstić information content (AvgIpc) is 3.52. The van der Waals surface area contributed by atoms with Crippen molar-refractivity contribution >= 4 is 23.6 Å². The Morgan fingerprint density at radius 3 is 2.33 bits per heavy atom. The fraction of sp³-hybridized carbons (Fsp3) is 0.697. The van der Waals surface area contributed by atoms with Crippen molar-refractivity contribution in [2.45, 2.75) is 83.2 Å². The molecule has 0 aliphatic carbocycles. The van der Waals surface area contributed by atoms with Crippen molar-refractivity contribution in [3.63, 3.8) is 0 Å². The van der Waals surface area contributed by atoms with Gasteiger partial charge in [0.2, 0.25) is 23.6 Å². The molecular formula is C33H57N5O7. The zero-order valence-corrected chi connectivity index (χ0v) is 28.3. The van der Waals surface area contributed by atoms with E-state index in [1.807, 2.05) is 26.8 Å². The third-order valence-corrected chi connectivity index (χ3v) is 8.87. The highest BCUT2D eigenvalue weighted by Gasteiger charge is 2.41. The van der Waals surface area contributed by atoms with E-state index in [4.69, 9.17) is 9.47 Å². The van der Waals surface area contributed by atoms with E-state index in [0.29, 0.717) is 25.9 Å². The van der Waals surface area contributed by atoms with Crippen molar-refractivity contribution in [2.24, 2.45) is 11.8 Å². The molecule has 0 aromatic rings. The third-order valence-electron chi connectivity index (χ3n) is 8.87. The number of carbonyl (C=O) groups excluding carboxylic acids is 4. The molecular weight excluding hydrogens is 578 g/mol. The van der Waals surface area contributed by atoms with E-state index in [-0.39, 0.29) is 42.6 Å². The lowest BCUT2D eigenvalue weighted by Crippen LogP contribution is -2.55. The monoisotopic (exact) mass is 635 g/mol. The van der Waals surface area contributed by atoms with E-state index < -0.39 is 42.7 Å². The third kappa shape index (κ3) is 11.7. The molecule has 1 aliphatic heterocycles. The van der Waals surface area contributed by atoms with Gasteiger partial charge in [0.15, 0.2) is 0 Å². The van der Waals surface area contributed by atoms with Gasteiger partial charge in [-0.25, -0.2) is 0 Å². The number of ether oxygens (including phenoxy) is 2. The Morgan fingerprint density at radius 2 is 1.80 bits per heavy atom. The minimum absolute atomic E-state index is 0.0114. The molecule has 1 saturated heterocycles. The number of likely N-dealkylation sites (N-methyl/N-ethyl adjacent to an activating group) is 2. The Hall–Kier alpha value is -3.06. The van der Waals surface area contributed by atoms with Crippen molar-refractivity contribution in [3.8, 4) is 0 Å². The van der Waals surface area contributed by atoms with E-state index >= 15 is 0 Å². The van der Waals surface area contributed by atoms with Crippen LogP contribution in [0.5, 0.6) is 0 Å². The molecule has 0 bridgehead atoms. The molecule has 1 rings (SSSR count). The van der Waals surface area contributed by atoms with E-state index in [2.05, 4.69) is 29.1 Å². The first-order valence-corrected chi connectivity index (χ1v) is 15.8. The summed E-state index contributed by atoms with van der Waals surface area (Å²) in [5, 5.41) is 17.6. The van der Waals surface area contributed by atoms with E-state index in [1.54, 1.807) is 38.3 Å². The summed E-state index contributed by atoms with van der Waals surface area (Å²) in [5.41, 5.74) is 0.971. The van der Waals surface area contributed by atoms with Crippen LogP contribution in [0.1, 0.15) is 52.9 Å². The van der Waals surface area contributed by atoms with Crippen LogP contribution in [0.2, 0.25) is 0 Å². The van der Waals surface area contributed by atoms with Crippen molar-refractivity contribution in [1.29, 1.82) is 0 Å². The van der Waals surface area contributed by atoms with E-state index in [9.17, 15) is 24.3 Å². The molecule has 12 heteroatoms. The van der Waals surface area contributed by atoms with Gasteiger partial charge in [0.05, 0.1) is 49.8 Å². The molecule has 1 fully saturated rings. The van der Waals surface area contributed by atoms with Gasteiger partial charge >= 0.3 is 0 Å². The maximum absolute atomic E-state index is 13.8. The summed E-state index contributed by atoms with van der Waals surface area (Å²) in [5.74, 6) is -1.62. The molecule has 0 spiro atoms. The maximum Gasteiger partial charge on any atom is 0.242 e. The van der Waals surface area contributed by atoms with Crippen LogP contribution in [-0.4, -0.2) is 123 Å². The number of carbonyl (C=O) groups is 4. The van der Waals surface area contributed by atoms with Crippen molar-refractivity contribution in [1.82, 2.24) is 25.8 Å². The summed E-state index contributed by atoms with van der Waals surface area (Å²) >= 11 is 0. The van der Waals surface area contributed by atoms with Crippen molar-refractivity contribution < 1.29 is 33.8 Å². The molecule has 4 amide bonds. The molecule has 7 atom stereocenters. The smallest absolute Gasteiger partial charge is 0.242 e. The van der Waals surface area contributed by atoms with Crippen molar-refractivity contribution in [3.05, 3.63) is 37.0 Å². The Morgan fingerprint density at radius 1 is 1.11 bits per heavy atom. The summed E-state index contributed by atoms with van der Waals surface area (Å²) in [4.78, 5) is 55.6. The van der Waals surface area contributed by atoms with Gasteiger partial charge in [-0.2, -0.15) is 0 Å². The fourth-order valence-electron chi connectivity index (χ4n) is 5.94. The number of aliphatic hydroxyl groups excluding tert-OH is 1. The summed E-state index contributed by atoms with van der Waals surface area (Å²) in [6.07, 6.45) is 7.05. The Bertz CT molecular complexity index is 1020. The van der Waals surface area contributed by atoms with Crippen LogP contribution in [0.4, 0.5) is 0 Å². The molecule has 7 unspecified atom stereocenters. The van der Waals surface area contributed by atoms with Crippen LogP contribution in [0, 0.1) is 11.8 Å². The second-order valence-corrected chi connectivity index (χ2v) is 11.6. The predicted octanol–water partition coefficient (Wildman–Crippen LogP) is 1.41. The van der Waals surface area contributed by atoms with Crippen LogP contribution < -0.4 is 16.0 Å². The van der Waals surface area contributed by atoms with Gasteiger partial charge in [0, 0.05) is 34.4 Å². The highest BCUT2D eigenvalue weighted by atomic mass is 16.5. The average molecular weight is 636 g/mol. The van der Waals surface area contributed by atoms with E-state index in [0.717, 1.165) is 18.4 Å². The quantitative estimate of drug-likeness (QED) is 0.138. The Balaban J connectivity index is 3.01. The van der Waals surface area contributed by atoms with E-state index in [1.165, 1.54) is 12.0 Å². The topological polar surface area (TPSA) is 150 Å². The molecule has 256 valence electrons. The highest BCUT2D eigenvalue weighted by Crippen LogP contribution is 2.29. The summed E-state index contributed by atoms with van der Waals surface area (Å²) < 4.78 is 11.7. The minimum Gasteiger partial charge on any atom is -0.394 e. The molecule has 1 aliphatic rings. The second kappa shape index (κ2) is 20.9. The van der Waals surface area contributed by atoms with Gasteiger partial charge in [0.25, 0.3) is 0 Å². The number of likely N-dealkylation sites (tertiary alicyclic amines) is 1. The van der Waals surface area contributed by atoms with Crippen LogP contribution in [-0.2, 0) is 28.7 Å². The number of amides is 4. The molecule has 0 aromatic heterocycles. The number of nitrogens with one attached hydrogen (secondary N) is 3. The molecule has 12 nitrogen and oxygen atoms in total. The molecule has 45 heavy (non-hydrogen) atoms. The van der Waals surface area contributed by atoms with Crippen LogP contribution >= 0.6 is 0 Å². The largest absolute Gasteiger partial charge is 0.394 e. The normalized spacial score (nSPS) is 19.1.